The number of hydrogen-bond acceptors (Lipinski definition) is 2. The van der Waals surface area contributed by atoms with E-state index in [0.717, 1.165) is 18.1 Å². The van der Waals surface area contributed by atoms with Gasteiger partial charge < -0.3 is 10.6 Å². The molecule has 0 aliphatic rings. The summed E-state index contributed by atoms with van der Waals surface area (Å²) in [5, 5.41) is 6.87. The van der Waals surface area contributed by atoms with Crippen molar-refractivity contribution in [1.82, 2.24) is 10.3 Å². The van der Waals surface area contributed by atoms with E-state index in [1.807, 2.05) is 26.0 Å². The summed E-state index contributed by atoms with van der Waals surface area (Å²) in [5.74, 6) is 1.38. The van der Waals surface area contributed by atoms with Crippen LogP contribution in [0.3, 0.4) is 0 Å². The summed E-state index contributed by atoms with van der Waals surface area (Å²) in [5.41, 5.74) is 2.18. The quantitative estimate of drug-likeness (QED) is 0.793. The van der Waals surface area contributed by atoms with Crippen molar-refractivity contribution in [2.45, 2.75) is 27.7 Å². The Bertz CT molecular complexity index is 354. The Balaban J connectivity index is 2.56. The third-order valence-corrected chi connectivity index (χ3v) is 2.26. The molecule has 4 heteroatoms. The van der Waals surface area contributed by atoms with Crippen molar-refractivity contribution in [3.8, 4) is 0 Å². The third-order valence-electron chi connectivity index (χ3n) is 2.01. The molecule has 0 aromatic carbocycles. The minimum atomic E-state index is 0.576. The molecular weight excluding hydrogens is 218 g/mol. The highest BCUT2D eigenvalue weighted by atomic mass is 32.1. The van der Waals surface area contributed by atoms with Gasteiger partial charge in [-0.3, -0.25) is 0 Å². The Hall–Kier alpha value is -1.16. The maximum Gasteiger partial charge on any atom is 0.171 e. The van der Waals surface area contributed by atoms with Crippen LogP contribution in [-0.2, 0) is 0 Å². The predicted molar refractivity (Wildman–Crippen MR) is 72.8 cm³/mol. The van der Waals surface area contributed by atoms with Crippen LogP contribution >= 0.6 is 12.2 Å². The molecule has 0 unspecified atom stereocenters. The number of anilines is 1. The number of pyridine rings is 1. The van der Waals surface area contributed by atoms with Crippen molar-refractivity contribution >= 4 is 23.1 Å². The van der Waals surface area contributed by atoms with Crippen molar-refractivity contribution in [3.05, 3.63) is 23.4 Å². The second-order valence-corrected chi connectivity index (χ2v) is 4.81. The summed E-state index contributed by atoms with van der Waals surface area (Å²) in [4.78, 5) is 4.36. The highest BCUT2D eigenvalue weighted by Crippen LogP contribution is 2.08. The molecule has 1 aromatic rings. The van der Waals surface area contributed by atoms with Gasteiger partial charge in [-0.15, -0.1) is 0 Å². The minimum absolute atomic E-state index is 0.576. The first-order chi connectivity index (χ1) is 7.47. The molecule has 1 rings (SSSR count). The van der Waals surface area contributed by atoms with Crippen molar-refractivity contribution in [1.29, 1.82) is 0 Å². The van der Waals surface area contributed by atoms with Crippen LogP contribution in [0.5, 0.6) is 0 Å². The van der Waals surface area contributed by atoms with Crippen LogP contribution in [0.25, 0.3) is 0 Å². The molecule has 0 amide bonds. The zero-order valence-corrected chi connectivity index (χ0v) is 11.1. The molecule has 0 atom stereocenters. The van der Waals surface area contributed by atoms with E-state index in [1.54, 1.807) is 0 Å². The highest BCUT2D eigenvalue weighted by Gasteiger charge is 2.01. The zero-order valence-electron chi connectivity index (χ0n) is 10.3. The van der Waals surface area contributed by atoms with Gasteiger partial charge in [0.25, 0.3) is 0 Å². The molecule has 88 valence electrons. The Kier molecular flexibility index (Phi) is 4.68. The first-order valence-electron chi connectivity index (χ1n) is 5.47. The molecule has 0 spiro atoms. The molecule has 0 fully saturated rings. The smallest absolute Gasteiger partial charge is 0.171 e. The average Bonchev–Trinajstić information content (AvgIpc) is 2.12. The predicted octanol–water partition coefficient (Wildman–Crippen LogP) is 2.64. The van der Waals surface area contributed by atoms with Crippen LogP contribution in [-0.4, -0.2) is 16.6 Å². The number of hydrogen-bond donors (Lipinski definition) is 2. The van der Waals surface area contributed by atoms with Crippen LogP contribution in [0.15, 0.2) is 12.1 Å². The molecule has 0 bridgehead atoms. The Labute approximate surface area is 103 Å². The van der Waals surface area contributed by atoms with Crippen molar-refractivity contribution in [2.24, 2.45) is 5.92 Å². The van der Waals surface area contributed by atoms with Crippen LogP contribution < -0.4 is 10.6 Å². The van der Waals surface area contributed by atoms with Gasteiger partial charge in [-0.2, -0.15) is 0 Å². The second kappa shape index (κ2) is 5.80. The van der Waals surface area contributed by atoms with E-state index >= 15 is 0 Å². The first-order valence-corrected chi connectivity index (χ1v) is 5.88. The Morgan fingerprint density at radius 3 is 2.62 bits per heavy atom. The summed E-state index contributed by atoms with van der Waals surface area (Å²) >= 11 is 5.18. The van der Waals surface area contributed by atoms with Crippen LogP contribution in [0.1, 0.15) is 25.1 Å². The monoisotopic (exact) mass is 237 g/mol. The van der Waals surface area contributed by atoms with Crippen molar-refractivity contribution in [3.63, 3.8) is 0 Å². The summed E-state index contributed by atoms with van der Waals surface area (Å²) in [7, 11) is 0. The van der Waals surface area contributed by atoms with Gasteiger partial charge in [0, 0.05) is 12.2 Å². The number of aromatic nitrogens is 1. The summed E-state index contributed by atoms with van der Waals surface area (Å²) < 4.78 is 0. The molecule has 3 nitrogen and oxygen atoms in total. The second-order valence-electron chi connectivity index (χ2n) is 4.40. The largest absolute Gasteiger partial charge is 0.362 e. The van der Waals surface area contributed by atoms with Gasteiger partial charge in [0.2, 0.25) is 0 Å². The minimum Gasteiger partial charge on any atom is -0.362 e. The van der Waals surface area contributed by atoms with Gasteiger partial charge in [0.1, 0.15) is 5.82 Å². The molecule has 0 saturated carbocycles. The topological polar surface area (TPSA) is 37.0 Å². The Morgan fingerprint density at radius 1 is 1.38 bits per heavy atom. The molecule has 0 aliphatic heterocycles. The lowest BCUT2D eigenvalue weighted by molar-refractivity contribution is 0.627. The van der Waals surface area contributed by atoms with E-state index in [1.165, 1.54) is 5.56 Å². The fourth-order valence-corrected chi connectivity index (χ4v) is 1.55. The number of thiocarbonyl (C=S) groups is 1. The summed E-state index contributed by atoms with van der Waals surface area (Å²) in [6, 6.07) is 4.02. The maximum atomic E-state index is 5.18. The lowest BCUT2D eigenvalue weighted by atomic mass is 10.2. The lowest BCUT2D eigenvalue weighted by Gasteiger charge is -2.12. The van der Waals surface area contributed by atoms with Gasteiger partial charge in [-0.05, 0) is 49.7 Å². The molecular formula is C12H19N3S. The van der Waals surface area contributed by atoms with Crippen molar-refractivity contribution < 1.29 is 0 Å². The van der Waals surface area contributed by atoms with Gasteiger partial charge in [0.05, 0.1) is 0 Å². The fraction of sp³-hybridized carbons (Fsp3) is 0.500. The summed E-state index contributed by atoms with van der Waals surface area (Å²) in [6.45, 7) is 9.18. The highest BCUT2D eigenvalue weighted by molar-refractivity contribution is 7.80. The van der Waals surface area contributed by atoms with Gasteiger partial charge in [-0.25, -0.2) is 4.98 Å². The number of aryl methyl sites for hydroxylation is 2. The normalized spacial score (nSPS) is 10.3. The first kappa shape index (κ1) is 12.9. The SMILES string of the molecule is Cc1cc(C)nc(NC(=S)NCC(C)C)c1. The molecule has 0 saturated heterocycles. The van der Waals surface area contributed by atoms with Gasteiger partial charge in [0.15, 0.2) is 5.11 Å². The van der Waals surface area contributed by atoms with Gasteiger partial charge in [-0.1, -0.05) is 13.8 Å². The molecule has 2 N–H and O–H groups in total. The molecule has 1 aromatic heterocycles. The van der Waals surface area contributed by atoms with Crippen LogP contribution in [0.4, 0.5) is 5.82 Å². The van der Waals surface area contributed by atoms with E-state index < -0.39 is 0 Å². The lowest BCUT2D eigenvalue weighted by Crippen LogP contribution is -2.31. The standard InChI is InChI=1S/C12H19N3S/c1-8(2)7-13-12(16)15-11-6-9(3)5-10(4)14-11/h5-6,8H,7H2,1-4H3,(H2,13,14,15,16). The van der Waals surface area contributed by atoms with E-state index in [4.69, 9.17) is 12.2 Å². The van der Waals surface area contributed by atoms with E-state index in [-0.39, 0.29) is 0 Å². The van der Waals surface area contributed by atoms with E-state index in [9.17, 15) is 0 Å². The molecule has 1 heterocycles. The zero-order chi connectivity index (χ0) is 12.1. The summed E-state index contributed by atoms with van der Waals surface area (Å²) in [6.07, 6.45) is 0. The molecule has 0 aliphatic carbocycles. The maximum absolute atomic E-state index is 5.18. The number of nitrogens with zero attached hydrogens (tertiary/aromatic N) is 1. The van der Waals surface area contributed by atoms with Crippen LogP contribution in [0, 0.1) is 19.8 Å². The number of nitrogens with one attached hydrogen (secondary N) is 2. The number of rotatable bonds is 3. The molecule has 16 heavy (non-hydrogen) atoms. The van der Waals surface area contributed by atoms with Gasteiger partial charge >= 0.3 is 0 Å². The molecule has 0 radical (unpaired) electrons. The van der Waals surface area contributed by atoms with E-state index in [2.05, 4.69) is 29.5 Å². The van der Waals surface area contributed by atoms with E-state index in [0.29, 0.717) is 11.0 Å². The van der Waals surface area contributed by atoms with Crippen molar-refractivity contribution in [2.75, 3.05) is 11.9 Å². The fourth-order valence-electron chi connectivity index (χ4n) is 1.36. The Morgan fingerprint density at radius 2 is 2.06 bits per heavy atom. The third kappa shape index (κ3) is 4.57. The average molecular weight is 237 g/mol. The van der Waals surface area contributed by atoms with Crippen LogP contribution in [0.2, 0.25) is 0 Å².